The number of rotatable bonds is 5. The van der Waals surface area contributed by atoms with Crippen LogP contribution >= 0.6 is 0 Å². The Morgan fingerprint density at radius 2 is 2.18 bits per heavy atom. The van der Waals surface area contributed by atoms with Crippen LogP contribution in [0.25, 0.3) is 0 Å². The van der Waals surface area contributed by atoms with E-state index in [4.69, 9.17) is 4.74 Å². The number of sulfone groups is 1. The summed E-state index contributed by atoms with van der Waals surface area (Å²) in [7, 11) is -3.01. The van der Waals surface area contributed by atoms with Crippen molar-refractivity contribution in [1.82, 2.24) is 5.32 Å². The third-order valence-electron chi connectivity index (χ3n) is 3.41. The predicted octanol–water partition coefficient (Wildman–Crippen LogP) is 2.09. The molecule has 2 N–H and O–H groups in total. The molecule has 0 radical (unpaired) electrons. The van der Waals surface area contributed by atoms with Crippen molar-refractivity contribution in [1.29, 1.82) is 0 Å². The lowest BCUT2D eigenvalue weighted by molar-refractivity contribution is 0.249. The van der Waals surface area contributed by atoms with Crippen molar-refractivity contribution in [3.8, 4) is 5.75 Å². The van der Waals surface area contributed by atoms with Gasteiger partial charge in [-0.25, -0.2) is 13.2 Å². The number of ether oxygens (including phenoxy) is 1. The van der Waals surface area contributed by atoms with Gasteiger partial charge in [0.1, 0.15) is 5.75 Å². The second-order valence-electron chi connectivity index (χ2n) is 5.55. The lowest BCUT2D eigenvalue weighted by Crippen LogP contribution is -2.38. The van der Waals surface area contributed by atoms with Gasteiger partial charge in [-0.1, -0.05) is 13.0 Å². The maximum absolute atomic E-state index is 12.0. The molecule has 1 aromatic rings. The maximum atomic E-state index is 12.0. The van der Waals surface area contributed by atoms with Gasteiger partial charge in [0, 0.05) is 6.04 Å². The lowest BCUT2D eigenvalue weighted by atomic mass is 10.2. The molecule has 2 amide bonds. The van der Waals surface area contributed by atoms with E-state index in [9.17, 15) is 13.2 Å². The van der Waals surface area contributed by atoms with E-state index in [-0.39, 0.29) is 17.5 Å². The maximum Gasteiger partial charge on any atom is 0.319 e. The van der Waals surface area contributed by atoms with Gasteiger partial charge in [0.2, 0.25) is 0 Å². The fourth-order valence-electron chi connectivity index (χ4n) is 2.32. The summed E-state index contributed by atoms with van der Waals surface area (Å²) in [6, 6.07) is 4.80. The molecule has 7 heteroatoms. The van der Waals surface area contributed by atoms with Crippen LogP contribution in [0.5, 0.6) is 5.75 Å². The van der Waals surface area contributed by atoms with Crippen molar-refractivity contribution in [3.05, 3.63) is 23.8 Å². The van der Waals surface area contributed by atoms with E-state index in [1.807, 2.05) is 26.0 Å². The molecule has 0 spiro atoms. The summed E-state index contributed by atoms with van der Waals surface area (Å²) in [5, 5.41) is 5.43. The average Bonchev–Trinajstić information content (AvgIpc) is 2.78. The van der Waals surface area contributed by atoms with Crippen LogP contribution in [0.1, 0.15) is 25.3 Å². The molecular weight excluding hydrogens is 304 g/mol. The molecule has 1 aromatic carbocycles. The molecule has 0 bridgehead atoms. The van der Waals surface area contributed by atoms with Crippen LogP contribution in [0.3, 0.4) is 0 Å². The normalized spacial score (nSPS) is 19.6. The highest BCUT2D eigenvalue weighted by molar-refractivity contribution is 7.91. The van der Waals surface area contributed by atoms with E-state index < -0.39 is 15.9 Å². The molecule has 6 nitrogen and oxygen atoms in total. The molecular formula is C15H22N2O4S. The number of hydrogen-bond donors (Lipinski definition) is 2. The Bertz CT molecular complexity index is 643. The fraction of sp³-hybridized carbons (Fsp3) is 0.533. The van der Waals surface area contributed by atoms with Crippen LogP contribution in [0, 0.1) is 6.92 Å². The van der Waals surface area contributed by atoms with Gasteiger partial charge in [-0.15, -0.1) is 0 Å². The van der Waals surface area contributed by atoms with Crippen molar-refractivity contribution in [3.63, 3.8) is 0 Å². The third kappa shape index (κ3) is 4.62. The summed E-state index contributed by atoms with van der Waals surface area (Å²) in [5.41, 5.74) is 1.62. The zero-order chi connectivity index (χ0) is 16.2. The molecule has 1 aliphatic heterocycles. The van der Waals surface area contributed by atoms with Crippen LogP contribution < -0.4 is 15.4 Å². The molecule has 22 heavy (non-hydrogen) atoms. The van der Waals surface area contributed by atoms with Crippen molar-refractivity contribution in [2.75, 3.05) is 23.4 Å². The Hall–Kier alpha value is -1.76. The van der Waals surface area contributed by atoms with Crippen LogP contribution in [0.2, 0.25) is 0 Å². The number of aryl methyl sites for hydroxylation is 1. The van der Waals surface area contributed by atoms with E-state index in [1.165, 1.54) is 0 Å². The number of anilines is 1. The Balaban J connectivity index is 1.99. The van der Waals surface area contributed by atoms with Crippen LogP contribution in [0.15, 0.2) is 18.2 Å². The summed E-state index contributed by atoms with van der Waals surface area (Å²) in [5.74, 6) is 0.761. The first kappa shape index (κ1) is 16.6. The smallest absolute Gasteiger partial charge is 0.319 e. The predicted molar refractivity (Wildman–Crippen MR) is 86.2 cm³/mol. The number of nitrogens with one attached hydrogen (secondary N) is 2. The molecule has 1 unspecified atom stereocenters. The van der Waals surface area contributed by atoms with E-state index in [0.29, 0.717) is 24.5 Å². The highest BCUT2D eigenvalue weighted by atomic mass is 32.2. The molecule has 2 rings (SSSR count). The van der Waals surface area contributed by atoms with Gasteiger partial charge in [-0.3, -0.25) is 0 Å². The molecule has 1 saturated heterocycles. The molecule has 1 heterocycles. The van der Waals surface area contributed by atoms with Gasteiger partial charge >= 0.3 is 6.03 Å². The molecule has 1 aliphatic rings. The van der Waals surface area contributed by atoms with Gasteiger partial charge in [0.15, 0.2) is 9.84 Å². The topological polar surface area (TPSA) is 84.5 Å². The number of carbonyl (C=O) groups is 1. The Labute approximate surface area is 131 Å². The number of carbonyl (C=O) groups excluding carboxylic acids is 1. The number of hydrogen-bond acceptors (Lipinski definition) is 4. The molecule has 122 valence electrons. The molecule has 0 saturated carbocycles. The van der Waals surface area contributed by atoms with Crippen LogP contribution in [-0.2, 0) is 9.84 Å². The third-order valence-corrected chi connectivity index (χ3v) is 5.18. The lowest BCUT2D eigenvalue weighted by Gasteiger charge is -2.15. The molecule has 1 atom stereocenters. The second kappa shape index (κ2) is 7.00. The largest absolute Gasteiger partial charge is 0.491 e. The molecule has 1 fully saturated rings. The first-order valence-corrected chi connectivity index (χ1v) is 9.23. The number of urea groups is 1. The van der Waals surface area contributed by atoms with E-state index in [2.05, 4.69) is 10.6 Å². The standard InChI is InChI=1S/C15H22N2O4S/c1-3-7-21-14-9-11(2)4-5-13(14)17-15(18)16-12-6-8-22(19,20)10-12/h4-5,9,12H,3,6-8,10H2,1-2H3,(H2,16,17,18). The summed E-state index contributed by atoms with van der Waals surface area (Å²) in [4.78, 5) is 12.0. The van der Waals surface area contributed by atoms with Gasteiger partial charge in [0.05, 0.1) is 23.8 Å². The van der Waals surface area contributed by atoms with Gasteiger partial charge in [0.25, 0.3) is 0 Å². The molecule has 0 aromatic heterocycles. The van der Waals surface area contributed by atoms with E-state index in [0.717, 1.165) is 12.0 Å². The summed E-state index contributed by atoms with van der Waals surface area (Å²) < 4.78 is 28.4. The average molecular weight is 326 g/mol. The summed E-state index contributed by atoms with van der Waals surface area (Å²) >= 11 is 0. The molecule has 0 aliphatic carbocycles. The Morgan fingerprint density at radius 1 is 1.41 bits per heavy atom. The second-order valence-corrected chi connectivity index (χ2v) is 7.78. The van der Waals surface area contributed by atoms with Crippen molar-refractivity contribution < 1.29 is 17.9 Å². The zero-order valence-corrected chi connectivity index (χ0v) is 13.7. The quantitative estimate of drug-likeness (QED) is 0.868. The summed E-state index contributed by atoms with van der Waals surface area (Å²) in [6.45, 7) is 4.53. The number of amides is 2. The highest BCUT2D eigenvalue weighted by Crippen LogP contribution is 2.26. The minimum absolute atomic E-state index is 0.00745. The van der Waals surface area contributed by atoms with Gasteiger partial charge in [-0.05, 0) is 37.5 Å². The van der Waals surface area contributed by atoms with Crippen molar-refractivity contribution >= 4 is 21.6 Å². The zero-order valence-electron chi connectivity index (χ0n) is 12.9. The van der Waals surface area contributed by atoms with Crippen molar-refractivity contribution in [2.24, 2.45) is 0 Å². The minimum atomic E-state index is -3.01. The Morgan fingerprint density at radius 3 is 2.82 bits per heavy atom. The summed E-state index contributed by atoms with van der Waals surface area (Å²) in [6.07, 6.45) is 1.34. The first-order chi connectivity index (χ1) is 10.4. The van der Waals surface area contributed by atoms with Crippen LogP contribution in [-0.4, -0.2) is 38.6 Å². The van der Waals surface area contributed by atoms with E-state index in [1.54, 1.807) is 6.07 Å². The number of benzene rings is 1. The van der Waals surface area contributed by atoms with Crippen molar-refractivity contribution in [2.45, 2.75) is 32.7 Å². The fourth-order valence-corrected chi connectivity index (χ4v) is 3.99. The van der Waals surface area contributed by atoms with E-state index >= 15 is 0 Å². The first-order valence-electron chi connectivity index (χ1n) is 7.41. The van der Waals surface area contributed by atoms with Gasteiger partial charge in [-0.2, -0.15) is 0 Å². The SMILES string of the molecule is CCCOc1cc(C)ccc1NC(=O)NC1CCS(=O)(=O)C1. The monoisotopic (exact) mass is 326 g/mol. The Kier molecular flexibility index (Phi) is 5.28. The van der Waals surface area contributed by atoms with Crippen LogP contribution in [0.4, 0.5) is 10.5 Å². The highest BCUT2D eigenvalue weighted by Gasteiger charge is 2.29. The minimum Gasteiger partial charge on any atom is -0.491 e. The van der Waals surface area contributed by atoms with Gasteiger partial charge < -0.3 is 15.4 Å².